The van der Waals surface area contributed by atoms with Crippen molar-refractivity contribution < 1.29 is 4.79 Å². The van der Waals surface area contributed by atoms with Gasteiger partial charge in [-0.1, -0.05) is 32.0 Å². The van der Waals surface area contributed by atoms with Crippen molar-refractivity contribution in [3.63, 3.8) is 0 Å². The van der Waals surface area contributed by atoms with Crippen LogP contribution >= 0.6 is 0 Å². The molecular formula is C16H22N2O. The summed E-state index contributed by atoms with van der Waals surface area (Å²) in [5.74, 6) is 0.213. The van der Waals surface area contributed by atoms with Gasteiger partial charge in [-0.05, 0) is 30.4 Å². The molecule has 19 heavy (non-hydrogen) atoms. The Bertz CT molecular complexity index is 538. The van der Waals surface area contributed by atoms with Gasteiger partial charge in [-0.3, -0.25) is 4.79 Å². The van der Waals surface area contributed by atoms with E-state index in [1.165, 1.54) is 5.39 Å². The van der Waals surface area contributed by atoms with Crippen molar-refractivity contribution in [2.45, 2.75) is 33.2 Å². The third-order valence-corrected chi connectivity index (χ3v) is 3.33. The fourth-order valence-electron chi connectivity index (χ4n) is 2.43. The van der Waals surface area contributed by atoms with Crippen LogP contribution in [0.3, 0.4) is 0 Å². The second-order valence-electron chi connectivity index (χ2n) is 4.88. The summed E-state index contributed by atoms with van der Waals surface area (Å²) in [6.45, 7) is 6.37. The van der Waals surface area contributed by atoms with Gasteiger partial charge in [-0.2, -0.15) is 0 Å². The SMILES string of the molecule is CCCN(CCC)C(=O)Cn1ccc2ccccc21. The van der Waals surface area contributed by atoms with Crippen LogP contribution in [0.5, 0.6) is 0 Å². The summed E-state index contributed by atoms with van der Waals surface area (Å²) in [5.41, 5.74) is 1.13. The van der Waals surface area contributed by atoms with Crippen LogP contribution in [0, 0.1) is 0 Å². The average molecular weight is 258 g/mol. The maximum absolute atomic E-state index is 12.3. The highest BCUT2D eigenvalue weighted by atomic mass is 16.2. The number of para-hydroxylation sites is 1. The number of fused-ring (bicyclic) bond motifs is 1. The van der Waals surface area contributed by atoms with Gasteiger partial charge in [0.05, 0.1) is 0 Å². The van der Waals surface area contributed by atoms with Gasteiger partial charge in [-0.25, -0.2) is 0 Å². The standard InChI is InChI=1S/C16H22N2O/c1-3-10-17(11-4-2)16(19)13-18-12-9-14-7-5-6-8-15(14)18/h5-9,12H,3-4,10-11,13H2,1-2H3. The minimum absolute atomic E-state index is 0.213. The summed E-state index contributed by atoms with van der Waals surface area (Å²) >= 11 is 0. The van der Waals surface area contributed by atoms with E-state index >= 15 is 0 Å². The second kappa shape index (κ2) is 6.41. The Kier molecular flexibility index (Phi) is 4.61. The summed E-state index contributed by atoms with van der Waals surface area (Å²) in [4.78, 5) is 14.3. The fourth-order valence-corrected chi connectivity index (χ4v) is 2.43. The molecular weight excluding hydrogens is 236 g/mol. The molecule has 2 aromatic rings. The zero-order valence-corrected chi connectivity index (χ0v) is 11.8. The molecule has 0 radical (unpaired) electrons. The molecule has 1 heterocycles. The van der Waals surface area contributed by atoms with Gasteiger partial charge in [0.25, 0.3) is 0 Å². The van der Waals surface area contributed by atoms with E-state index in [4.69, 9.17) is 0 Å². The molecule has 1 amide bonds. The van der Waals surface area contributed by atoms with Crippen molar-refractivity contribution in [1.29, 1.82) is 0 Å². The summed E-state index contributed by atoms with van der Waals surface area (Å²) < 4.78 is 2.04. The van der Waals surface area contributed by atoms with E-state index in [1.807, 2.05) is 27.8 Å². The highest BCUT2D eigenvalue weighted by Gasteiger charge is 2.13. The van der Waals surface area contributed by atoms with Crippen LogP contribution in [0.2, 0.25) is 0 Å². The number of carbonyl (C=O) groups excluding carboxylic acids is 1. The first kappa shape index (κ1) is 13.7. The molecule has 0 bridgehead atoms. The summed E-state index contributed by atoms with van der Waals surface area (Å²) in [6.07, 6.45) is 4.02. The Morgan fingerprint density at radius 3 is 2.47 bits per heavy atom. The molecule has 0 aliphatic heterocycles. The van der Waals surface area contributed by atoms with Crippen LogP contribution < -0.4 is 0 Å². The molecule has 0 unspecified atom stereocenters. The Labute approximate surface area is 114 Å². The van der Waals surface area contributed by atoms with E-state index in [0.717, 1.165) is 31.4 Å². The first-order chi connectivity index (χ1) is 9.26. The zero-order chi connectivity index (χ0) is 13.7. The third-order valence-electron chi connectivity index (χ3n) is 3.33. The summed E-state index contributed by atoms with van der Waals surface area (Å²) in [6, 6.07) is 10.2. The first-order valence-corrected chi connectivity index (χ1v) is 7.08. The molecule has 0 aliphatic carbocycles. The first-order valence-electron chi connectivity index (χ1n) is 7.08. The number of carbonyl (C=O) groups is 1. The maximum atomic E-state index is 12.3. The highest BCUT2D eigenvalue weighted by molar-refractivity contribution is 5.83. The minimum Gasteiger partial charge on any atom is -0.341 e. The number of aromatic nitrogens is 1. The Morgan fingerprint density at radius 2 is 1.79 bits per heavy atom. The van der Waals surface area contributed by atoms with Crippen LogP contribution in [-0.4, -0.2) is 28.5 Å². The Morgan fingerprint density at radius 1 is 1.11 bits per heavy atom. The smallest absolute Gasteiger partial charge is 0.242 e. The molecule has 0 atom stereocenters. The number of nitrogens with zero attached hydrogens (tertiary/aromatic N) is 2. The molecule has 102 valence electrons. The zero-order valence-electron chi connectivity index (χ0n) is 11.8. The lowest BCUT2D eigenvalue weighted by molar-refractivity contribution is -0.131. The van der Waals surface area contributed by atoms with Crippen LogP contribution in [0.4, 0.5) is 0 Å². The number of amides is 1. The molecule has 3 heteroatoms. The summed E-state index contributed by atoms with van der Waals surface area (Å²) in [7, 11) is 0. The van der Waals surface area contributed by atoms with Gasteiger partial charge in [0.1, 0.15) is 6.54 Å². The van der Waals surface area contributed by atoms with Crippen molar-refractivity contribution in [2.24, 2.45) is 0 Å². The molecule has 0 aliphatic rings. The van der Waals surface area contributed by atoms with Crippen molar-refractivity contribution >= 4 is 16.8 Å². The third kappa shape index (κ3) is 3.16. The molecule has 0 spiro atoms. The van der Waals surface area contributed by atoms with Gasteiger partial charge < -0.3 is 9.47 Å². The van der Waals surface area contributed by atoms with Gasteiger partial charge in [-0.15, -0.1) is 0 Å². The van der Waals surface area contributed by atoms with E-state index in [2.05, 4.69) is 32.0 Å². The quantitative estimate of drug-likeness (QED) is 0.780. The number of hydrogen-bond donors (Lipinski definition) is 0. The topological polar surface area (TPSA) is 25.2 Å². The van der Waals surface area contributed by atoms with Crippen LogP contribution in [0.1, 0.15) is 26.7 Å². The Balaban J connectivity index is 2.13. The normalized spacial score (nSPS) is 10.8. The number of rotatable bonds is 6. The van der Waals surface area contributed by atoms with E-state index in [9.17, 15) is 4.79 Å². The molecule has 0 fully saturated rings. The van der Waals surface area contributed by atoms with Gasteiger partial charge >= 0.3 is 0 Å². The van der Waals surface area contributed by atoms with E-state index in [1.54, 1.807) is 0 Å². The van der Waals surface area contributed by atoms with Crippen molar-refractivity contribution in [1.82, 2.24) is 9.47 Å². The molecule has 0 N–H and O–H groups in total. The van der Waals surface area contributed by atoms with Gasteiger partial charge in [0.2, 0.25) is 5.91 Å². The molecule has 0 saturated heterocycles. The predicted octanol–water partition coefficient (Wildman–Crippen LogP) is 3.29. The van der Waals surface area contributed by atoms with Crippen LogP contribution in [-0.2, 0) is 11.3 Å². The molecule has 2 rings (SSSR count). The van der Waals surface area contributed by atoms with E-state index < -0.39 is 0 Å². The van der Waals surface area contributed by atoms with Gasteiger partial charge in [0, 0.05) is 24.8 Å². The second-order valence-corrected chi connectivity index (χ2v) is 4.88. The van der Waals surface area contributed by atoms with E-state index in [0.29, 0.717) is 6.54 Å². The van der Waals surface area contributed by atoms with E-state index in [-0.39, 0.29) is 5.91 Å². The molecule has 1 aromatic heterocycles. The Hall–Kier alpha value is -1.77. The lowest BCUT2D eigenvalue weighted by Crippen LogP contribution is -2.35. The molecule has 1 aromatic carbocycles. The molecule has 0 saturated carbocycles. The van der Waals surface area contributed by atoms with Crippen molar-refractivity contribution in [3.8, 4) is 0 Å². The molecule has 3 nitrogen and oxygen atoms in total. The maximum Gasteiger partial charge on any atom is 0.242 e. The van der Waals surface area contributed by atoms with Gasteiger partial charge in [0.15, 0.2) is 0 Å². The predicted molar refractivity (Wildman–Crippen MR) is 79.1 cm³/mol. The van der Waals surface area contributed by atoms with Crippen LogP contribution in [0.25, 0.3) is 10.9 Å². The minimum atomic E-state index is 0.213. The monoisotopic (exact) mass is 258 g/mol. The average Bonchev–Trinajstić information content (AvgIpc) is 2.82. The largest absolute Gasteiger partial charge is 0.341 e. The lowest BCUT2D eigenvalue weighted by Gasteiger charge is -2.22. The lowest BCUT2D eigenvalue weighted by atomic mass is 10.2. The number of benzene rings is 1. The summed E-state index contributed by atoms with van der Waals surface area (Å²) in [5, 5.41) is 1.19. The fraction of sp³-hybridized carbons (Fsp3) is 0.438. The van der Waals surface area contributed by atoms with Crippen molar-refractivity contribution in [2.75, 3.05) is 13.1 Å². The number of hydrogen-bond acceptors (Lipinski definition) is 1. The van der Waals surface area contributed by atoms with Crippen LogP contribution in [0.15, 0.2) is 36.5 Å². The van der Waals surface area contributed by atoms with Crippen molar-refractivity contribution in [3.05, 3.63) is 36.5 Å². The highest BCUT2D eigenvalue weighted by Crippen LogP contribution is 2.15.